The maximum absolute atomic E-state index is 12.3. The maximum atomic E-state index is 12.3. The first-order valence-corrected chi connectivity index (χ1v) is 6.65. The van der Waals surface area contributed by atoms with Gasteiger partial charge in [-0.1, -0.05) is 36.4 Å². The summed E-state index contributed by atoms with van der Waals surface area (Å²) >= 11 is 0. The maximum Gasteiger partial charge on any atom is 0.239 e. The highest BCUT2D eigenvalue weighted by atomic mass is 16.2. The molecule has 1 amide bonds. The summed E-state index contributed by atoms with van der Waals surface area (Å²) in [5.74, 6) is 0.364. The molecule has 2 aliphatic rings. The molecule has 4 nitrogen and oxygen atoms in total. The van der Waals surface area contributed by atoms with Gasteiger partial charge in [0.15, 0.2) is 0 Å². The summed E-state index contributed by atoms with van der Waals surface area (Å²) in [6, 6.07) is 7.82. The molecule has 4 rings (SSSR count). The fourth-order valence-electron chi connectivity index (χ4n) is 2.78. The standard InChI is InChI=1S/C16H13N3O/c20-16-14(10-6-2-1-3-7-11(10)19-16)15-17-12-8-4-5-9-13(12)18-15/h1-6,8-9,14H,7H2,(H,17,18)(H,19,20). The highest BCUT2D eigenvalue weighted by molar-refractivity contribution is 5.93. The Morgan fingerprint density at radius 2 is 2.10 bits per heavy atom. The highest BCUT2D eigenvalue weighted by Gasteiger charge is 2.35. The number of benzene rings is 1. The van der Waals surface area contributed by atoms with Crippen molar-refractivity contribution in [3.05, 3.63) is 65.7 Å². The van der Waals surface area contributed by atoms with Crippen LogP contribution in [0, 0.1) is 0 Å². The van der Waals surface area contributed by atoms with Crippen LogP contribution in [0.3, 0.4) is 0 Å². The molecule has 4 heteroatoms. The zero-order valence-electron chi connectivity index (χ0n) is 10.8. The topological polar surface area (TPSA) is 57.8 Å². The molecule has 1 aliphatic heterocycles. The number of nitrogens with one attached hydrogen (secondary N) is 2. The average Bonchev–Trinajstić information content (AvgIpc) is 2.92. The molecule has 1 aromatic carbocycles. The second-order valence-electron chi connectivity index (χ2n) is 4.99. The number of para-hydroxylation sites is 2. The first-order chi connectivity index (χ1) is 9.83. The number of fused-ring (bicyclic) bond motifs is 1. The molecule has 20 heavy (non-hydrogen) atoms. The fraction of sp³-hybridized carbons (Fsp3) is 0.125. The summed E-state index contributed by atoms with van der Waals surface area (Å²) in [4.78, 5) is 20.1. The molecule has 0 radical (unpaired) electrons. The fourth-order valence-corrected chi connectivity index (χ4v) is 2.78. The average molecular weight is 263 g/mol. The normalized spacial score (nSPS) is 21.2. The van der Waals surface area contributed by atoms with Gasteiger partial charge < -0.3 is 10.3 Å². The molecule has 0 fully saturated rings. The zero-order valence-corrected chi connectivity index (χ0v) is 10.8. The molecule has 1 unspecified atom stereocenters. The zero-order chi connectivity index (χ0) is 13.5. The van der Waals surface area contributed by atoms with Gasteiger partial charge in [-0.05, 0) is 17.7 Å². The van der Waals surface area contributed by atoms with E-state index in [2.05, 4.69) is 15.3 Å². The number of hydrogen-bond donors (Lipinski definition) is 2. The van der Waals surface area contributed by atoms with E-state index in [-0.39, 0.29) is 11.8 Å². The number of H-pyrrole nitrogens is 1. The van der Waals surface area contributed by atoms with Crippen LogP contribution in [0.15, 0.2) is 59.8 Å². The predicted molar refractivity (Wildman–Crippen MR) is 76.9 cm³/mol. The van der Waals surface area contributed by atoms with Crippen molar-refractivity contribution in [2.75, 3.05) is 0 Å². The molecule has 1 aromatic heterocycles. The van der Waals surface area contributed by atoms with Crippen LogP contribution in [0.1, 0.15) is 18.2 Å². The van der Waals surface area contributed by atoms with E-state index >= 15 is 0 Å². The molecule has 0 spiro atoms. The Morgan fingerprint density at radius 3 is 3.00 bits per heavy atom. The summed E-state index contributed by atoms with van der Waals surface area (Å²) in [6.45, 7) is 0. The van der Waals surface area contributed by atoms with Crippen LogP contribution in [0.25, 0.3) is 11.0 Å². The van der Waals surface area contributed by atoms with Gasteiger partial charge in [0.25, 0.3) is 0 Å². The van der Waals surface area contributed by atoms with Crippen LogP contribution in [0.4, 0.5) is 0 Å². The van der Waals surface area contributed by atoms with Gasteiger partial charge in [0.2, 0.25) is 5.91 Å². The van der Waals surface area contributed by atoms with E-state index in [0.717, 1.165) is 28.7 Å². The van der Waals surface area contributed by atoms with E-state index in [1.807, 2.05) is 48.6 Å². The number of carbonyl (C=O) groups is 1. The number of aromatic nitrogens is 2. The molecule has 98 valence electrons. The van der Waals surface area contributed by atoms with E-state index in [1.165, 1.54) is 0 Å². The lowest BCUT2D eigenvalue weighted by Crippen LogP contribution is -2.21. The van der Waals surface area contributed by atoms with Crippen LogP contribution in [-0.2, 0) is 4.79 Å². The minimum absolute atomic E-state index is 0.00555. The van der Waals surface area contributed by atoms with E-state index < -0.39 is 0 Å². The minimum atomic E-state index is -0.339. The van der Waals surface area contributed by atoms with Gasteiger partial charge in [0.05, 0.1) is 11.0 Å². The Kier molecular flexibility index (Phi) is 2.36. The van der Waals surface area contributed by atoms with Crippen molar-refractivity contribution in [3.8, 4) is 0 Å². The Labute approximate surface area is 115 Å². The predicted octanol–water partition coefficient (Wildman–Crippen LogP) is 2.55. The Hall–Kier alpha value is -2.62. The van der Waals surface area contributed by atoms with Crippen molar-refractivity contribution in [1.82, 2.24) is 15.3 Å². The smallest absolute Gasteiger partial charge is 0.239 e. The van der Waals surface area contributed by atoms with Crippen molar-refractivity contribution < 1.29 is 4.79 Å². The van der Waals surface area contributed by atoms with Crippen LogP contribution in [0.5, 0.6) is 0 Å². The molecule has 1 aliphatic carbocycles. The van der Waals surface area contributed by atoms with Gasteiger partial charge in [0, 0.05) is 12.1 Å². The summed E-state index contributed by atoms with van der Waals surface area (Å²) in [6.07, 6.45) is 8.76. The van der Waals surface area contributed by atoms with E-state index in [9.17, 15) is 4.79 Å². The SMILES string of the molecule is O=C1NC2=C(C=CC=CC2)C1c1nc2ccccc2[nH]1. The monoisotopic (exact) mass is 263 g/mol. The Morgan fingerprint density at radius 1 is 1.20 bits per heavy atom. The number of allylic oxidation sites excluding steroid dienone is 4. The van der Waals surface area contributed by atoms with Crippen molar-refractivity contribution in [2.24, 2.45) is 0 Å². The number of hydrogen-bond acceptors (Lipinski definition) is 2. The second-order valence-corrected chi connectivity index (χ2v) is 4.99. The van der Waals surface area contributed by atoms with E-state index in [4.69, 9.17) is 0 Å². The van der Waals surface area contributed by atoms with Gasteiger partial charge in [0.1, 0.15) is 11.7 Å². The number of imidazole rings is 1. The van der Waals surface area contributed by atoms with E-state index in [1.54, 1.807) is 0 Å². The van der Waals surface area contributed by atoms with Gasteiger partial charge in [-0.2, -0.15) is 0 Å². The molecular formula is C16H13N3O. The Balaban J connectivity index is 1.84. The molecule has 1 atom stereocenters. The summed E-state index contributed by atoms with van der Waals surface area (Å²) in [5, 5.41) is 2.97. The molecule has 2 N–H and O–H groups in total. The number of nitrogens with zero attached hydrogens (tertiary/aromatic N) is 1. The lowest BCUT2D eigenvalue weighted by Gasteiger charge is -2.05. The third kappa shape index (κ3) is 1.61. The third-order valence-corrected chi connectivity index (χ3v) is 3.72. The quantitative estimate of drug-likeness (QED) is 0.830. The van der Waals surface area contributed by atoms with Crippen molar-refractivity contribution in [1.29, 1.82) is 0 Å². The van der Waals surface area contributed by atoms with Crippen LogP contribution >= 0.6 is 0 Å². The van der Waals surface area contributed by atoms with Gasteiger partial charge >= 0.3 is 0 Å². The lowest BCUT2D eigenvalue weighted by molar-refractivity contribution is -0.120. The molecule has 0 saturated heterocycles. The summed E-state index contributed by atoms with van der Waals surface area (Å²) < 4.78 is 0. The van der Waals surface area contributed by atoms with Crippen LogP contribution in [-0.4, -0.2) is 15.9 Å². The van der Waals surface area contributed by atoms with E-state index in [0.29, 0.717) is 5.82 Å². The molecule has 0 bridgehead atoms. The van der Waals surface area contributed by atoms with Gasteiger partial charge in [-0.15, -0.1) is 0 Å². The van der Waals surface area contributed by atoms with Gasteiger partial charge in [-0.3, -0.25) is 4.79 Å². The highest BCUT2D eigenvalue weighted by Crippen LogP contribution is 2.34. The number of carbonyl (C=O) groups excluding carboxylic acids is 1. The largest absolute Gasteiger partial charge is 0.341 e. The lowest BCUT2D eigenvalue weighted by atomic mass is 9.99. The van der Waals surface area contributed by atoms with Crippen LogP contribution < -0.4 is 5.32 Å². The molecule has 0 saturated carbocycles. The first-order valence-electron chi connectivity index (χ1n) is 6.65. The molecular weight excluding hydrogens is 250 g/mol. The number of amides is 1. The third-order valence-electron chi connectivity index (χ3n) is 3.72. The first kappa shape index (κ1) is 11.2. The molecule has 2 aromatic rings. The van der Waals surface area contributed by atoms with Crippen LogP contribution in [0.2, 0.25) is 0 Å². The summed E-state index contributed by atoms with van der Waals surface area (Å²) in [7, 11) is 0. The Bertz CT molecular complexity index is 762. The molecule has 2 heterocycles. The van der Waals surface area contributed by atoms with Crippen molar-refractivity contribution in [2.45, 2.75) is 12.3 Å². The summed E-state index contributed by atoms with van der Waals surface area (Å²) in [5.41, 5.74) is 3.84. The van der Waals surface area contributed by atoms with Crippen molar-refractivity contribution in [3.63, 3.8) is 0 Å². The van der Waals surface area contributed by atoms with Gasteiger partial charge in [-0.25, -0.2) is 4.98 Å². The second kappa shape index (κ2) is 4.20. The number of rotatable bonds is 1. The van der Waals surface area contributed by atoms with Crippen molar-refractivity contribution >= 4 is 16.9 Å². The minimum Gasteiger partial charge on any atom is -0.341 e. The number of aromatic amines is 1.